The number of carbonyl (C=O) groups is 2. The van der Waals surface area contributed by atoms with Crippen molar-refractivity contribution in [3.8, 4) is 11.1 Å². The lowest BCUT2D eigenvalue weighted by molar-refractivity contribution is 0.0600. The van der Waals surface area contributed by atoms with E-state index in [0.717, 1.165) is 39.9 Å². The Balaban J connectivity index is 1.77. The molecule has 5 nitrogen and oxygen atoms in total. The first-order valence-electron chi connectivity index (χ1n) is 11.3. The molecule has 3 aromatic carbocycles. The van der Waals surface area contributed by atoms with Gasteiger partial charge in [0.25, 0.3) is 0 Å². The highest BCUT2D eigenvalue weighted by Crippen LogP contribution is 2.29. The maximum absolute atomic E-state index is 12.4. The number of carboxylic acids is 1. The fourth-order valence-corrected chi connectivity index (χ4v) is 4.37. The molecule has 0 amide bonds. The number of carboxylic acid groups (broad SMARTS) is 1. The summed E-state index contributed by atoms with van der Waals surface area (Å²) < 4.78 is 4.91. The van der Waals surface area contributed by atoms with E-state index >= 15 is 0 Å². The number of hydrogen-bond donors (Lipinski definition) is 1. The van der Waals surface area contributed by atoms with Gasteiger partial charge in [-0.25, -0.2) is 9.59 Å². The third kappa shape index (κ3) is 4.55. The van der Waals surface area contributed by atoms with Crippen molar-refractivity contribution in [1.82, 2.24) is 4.98 Å². The van der Waals surface area contributed by atoms with Gasteiger partial charge in [0.1, 0.15) is 0 Å². The number of methoxy groups -OCH3 is 1. The molecule has 0 bridgehead atoms. The van der Waals surface area contributed by atoms with Gasteiger partial charge >= 0.3 is 11.9 Å². The van der Waals surface area contributed by atoms with Crippen molar-refractivity contribution in [3.63, 3.8) is 0 Å². The minimum atomic E-state index is -0.936. The molecule has 0 saturated carbocycles. The molecule has 0 radical (unpaired) electrons. The Morgan fingerprint density at radius 3 is 2.41 bits per heavy atom. The summed E-state index contributed by atoms with van der Waals surface area (Å²) >= 11 is 0. The van der Waals surface area contributed by atoms with Crippen molar-refractivity contribution in [1.29, 1.82) is 0 Å². The number of carbonyl (C=O) groups excluding carboxylic acids is 1. The lowest BCUT2D eigenvalue weighted by Crippen LogP contribution is -2.10. The molecule has 1 N–H and O–H groups in total. The molecule has 0 spiro atoms. The third-order valence-electron chi connectivity index (χ3n) is 6.01. The van der Waals surface area contributed by atoms with E-state index in [0.29, 0.717) is 34.9 Å². The number of rotatable bonds is 7. The number of aryl methyl sites for hydroxylation is 2. The Morgan fingerprint density at radius 1 is 1.00 bits per heavy atom. The molecular weight excluding hydrogens is 426 g/mol. The molecule has 0 fully saturated rings. The second kappa shape index (κ2) is 9.87. The summed E-state index contributed by atoms with van der Waals surface area (Å²) in [4.78, 5) is 29.4. The van der Waals surface area contributed by atoms with Crippen molar-refractivity contribution >= 4 is 22.8 Å². The van der Waals surface area contributed by atoms with Crippen LogP contribution in [0.25, 0.3) is 22.0 Å². The van der Waals surface area contributed by atoms with Crippen molar-refractivity contribution in [2.45, 2.75) is 33.1 Å². The van der Waals surface area contributed by atoms with E-state index in [2.05, 4.69) is 6.92 Å². The number of ether oxygens (including phenoxy) is 1. The number of nitrogens with zero attached hydrogens (tertiary/aromatic N) is 1. The standard InChI is InChI=1S/C29H27NO4/c1-4-7-25-24(27(28(31)32)23-16-18(2)10-15-26(23)30-25)17-19-11-13-20(14-12-19)21-8-5-6-9-22(21)29(33)34-3/h5-6,8-16H,4,7,17H2,1-3H3,(H,31,32). The Labute approximate surface area is 199 Å². The van der Waals surface area contributed by atoms with Crippen LogP contribution in [0.3, 0.4) is 0 Å². The minimum Gasteiger partial charge on any atom is -0.478 e. The molecule has 0 unspecified atom stereocenters. The van der Waals surface area contributed by atoms with Crippen LogP contribution in [0.4, 0.5) is 0 Å². The first-order valence-corrected chi connectivity index (χ1v) is 11.3. The molecule has 0 aliphatic carbocycles. The van der Waals surface area contributed by atoms with Crippen molar-refractivity contribution in [2.24, 2.45) is 0 Å². The predicted octanol–water partition coefficient (Wildman–Crippen LogP) is 6.24. The van der Waals surface area contributed by atoms with Crippen LogP contribution >= 0.6 is 0 Å². The summed E-state index contributed by atoms with van der Waals surface area (Å²) in [6.07, 6.45) is 2.05. The largest absolute Gasteiger partial charge is 0.478 e. The number of esters is 1. The molecule has 34 heavy (non-hydrogen) atoms. The Kier molecular flexibility index (Phi) is 6.73. The summed E-state index contributed by atoms with van der Waals surface area (Å²) in [6, 6.07) is 20.9. The Bertz CT molecular complexity index is 1370. The van der Waals surface area contributed by atoms with Gasteiger partial charge in [-0.2, -0.15) is 0 Å². The van der Waals surface area contributed by atoms with E-state index in [4.69, 9.17) is 9.72 Å². The van der Waals surface area contributed by atoms with Crippen LogP contribution < -0.4 is 0 Å². The number of hydrogen-bond acceptors (Lipinski definition) is 4. The van der Waals surface area contributed by atoms with E-state index < -0.39 is 5.97 Å². The SMILES string of the molecule is CCCc1nc2ccc(C)cc2c(C(=O)O)c1Cc1ccc(-c2ccccc2C(=O)OC)cc1. The normalized spacial score (nSPS) is 10.9. The maximum atomic E-state index is 12.4. The topological polar surface area (TPSA) is 76.5 Å². The van der Waals surface area contributed by atoms with E-state index in [-0.39, 0.29) is 5.97 Å². The molecule has 4 aromatic rings. The lowest BCUT2D eigenvalue weighted by atomic mass is 9.91. The predicted molar refractivity (Wildman–Crippen MR) is 133 cm³/mol. The van der Waals surface area contributed by atoms with Crippen LogP contribution in [0.15, 0.2) is 66.7 Å². The molecule has 1 aromatic heterocycles. The van der Waals surface area contributed by atoms with E-state index in [1.165, 1.54) is 7.11 Å². The van der Waals surface area contributed by atoms with E-state index in [1.807, 2.05) is 61.5 Å². The number of aromatic carboxylic acids is 1. The molecule has 0 aliphatic heterocycles. The van der Waals surface area contributed by atoms with Gasteiger partial charge in [0, 0.05) is 17.5 Å². The summed E-state index contributed by atoms with van der Waals surface area (Å²) in [7, 11) is 1.37. The fraction of sp³-hybridized carbons (Fsp3) is 0.207. The van der Waals surface area contributed by atoms with Crippen LogP contribution in [0.5, 0.6) is 0 Å². The summed E-state index contributed by atoms with van der Waals surface area (Å²) in [5, 5.41) is 10.8. The summed E-state index contributed by atoms with van der Waals surface area (Å²) in [5.74, 6) is -1.32. The van der Waals surface area contributed by atoms with Crippen molar-refractivity contribution in [3.05, 3.63) is 100 Å². The average Bonchev–Trinajstić information content (AvgIpc) is 2.84. The molecule has 4 rings (SSSR count). The molecule has 0 atom stereocenters. The quantitative estimate of drug-likeness (QED) is 0.335. The summed E-state index contributed by atoms with van der Waals surface area (Å²) in [5.41, 5.74) is 6.80. The molecule has 172 valence electrons. The zero-order valence-electron chi connectivity index (χ0n) is 19.6. The van der Waals surface area contributed by atoms with Crippen molar-refractivity contribution in [2.75, 3.05) is 7.11 Å². The van der Waals surface area contributed by atoms with Crippen LogP contribution in [-0.2, 0) is 17.6 Å². The maximum Gasteiger partial charge on any atom is 0.338 e. The molecule has 5 heteroatoms. The first-order chi connectivity index (χ1) is 16.4. The van der Waals surface area contributed by atoms with Gasteiger partial charge in [0.15, 0.2) is 0 Å². The number of benzene rings is 3. The highest BCUT2D eigenvalue weighted by molar-refractivity contribution is 6.04. The number of aromatic nitrogens is 1. The highest BCUT2D eigenvalue weighted by Gasteiger charge is 2.20. The van der Waals surface area contributed by atoms with Gasteiger partial charge in [-0.15, -0.1) is 0 Å². The highest BCUT2D eigenvalue weighted by atomic mass is 16.5. The number of pyridine rings is 1. The second-order valence-corrected chi connectivity index (χ2v) is 8.40. The van der Waals surface area contributed by atoms with Crippen LogP contribution in [0.1, 0.15) is 56.4 Å². The Hall–Kier alpha value is -3.99. The van der Waals surface area contributed by atoms with Gasteiger partial charge in [-0.1, -0.05) is 67.4 Å². The second-order valence-electron chi connectivity index (χ2n) is 8.40. The first kappa shape index (κ1) is 23.2. The average molecular weight is 454 g/mol. The third-order valence-corrected chi connectivity index (χ3v) is 6.01. The van der Waals surface area contributed by atoms with Crippen LogP contribution in [-0.4, -0.2) is 29.1 Å². The summed E-state index contributed by atoms with van der Waals surface area (Å²) in [6.45, 7) is 4.02. The van der Waals surface area contributed by atoms with Gasteiger partial charge in [-0.05, 0) is 53.8 Å². The molecular formula is C29H27NO4. The zero-order valence-corrected chi connectivity index (χ0v) is 19.6. The monoisotopic (exact) mass is 453 g/mol. The van der Waals surface area contributed by atoms with Crippen LogP contribution in [0.2, 0.25) is 0 Å². The van der Waals surface area contributed by atoms with Crippen LogP contribution in [0, 0.1) is 6.92 Å². The van der Waals surface area contributed by atoms with Gasteiger partial charge < -0.3 is 9.84 Å². The van der Waals surface area contributed by atoms with E-state index in [1.54, 1.807) is 12.1 Å². The molecule has 1 heterocycles. The van der Waals surface area contributed by atoms with E-state index in [9.17, 15) is 14.7 Å². The zero-order chi connectivity index (χ0) is 24.2. The van der Waals surface area contributed by atoms with Gasteiger partial charge in [0.2, 0.25) is 0 Å². The fourth-order valence-electron chi connectivity index (χ4n) is 4.37. The Morgan fingerprint density at radius 2 is 1.74 bits per heavy atom. The van der Waals surface area contributed by atoms with Gasteiger partial charge in [-0.3, -0.25) is 4.98 Å². The molecule has 0 aliphatic rings. The minimum absolute atomic E-state index is 0.331. The molecule has 0 saturated heterocycles. The lowest BCUT2D eigenvalue weighted by Gasteiger charge is -2.16. The van der Waals surface area contributed by atoms with Gasteiger partial charge in [0.05, 0.1) is 23.8 Å². The number of fused-ring (bicyclic) bond motifs is 1. The van der Waals surface area contributed by atoms with Crippen molar-refractivity contribution < 1.29 is 19.4 Å². The smallest absolute Gasteiger partial charge is 0.338 e.